The molecule has 0 amide bonds. The van der Waals surface area contributed by atoms with Crippen molar-refractivity contribution in [3.8, 4) is 11.5 Å². The second-order valence-electron chi connectivity index (χ2n) is 7.57. The van der Waals surface area contributed by atoms with E-state index < -0.39 is 0 Å². The Hall–Kier alpha value is -2.73. The van der Waals surface area contributed by atoms with Gasteiger partial charge in [0, 0.05) is 32.7 Å². The van der Waals surface area contributed by atoms with E-state index in [2.05, 4.69) is 71.8 Å². The summed E-state index contributed by atoms with van der Waals surface area (Å²) in [6, 6.07) is 15.2. The Kier molecular flexibility index (Phi) is 7.36. The van der Waals surface area contributed by atoms with E-state index in [4.69, 9.17) is 9.47 Å². The number of aliphatic imine (C=N–C) groups is 1. The smallest absolute Gasteiger partial charge is 0.231 e. The predicted octanol–water partition coefficient (Wildman–Crippen LogP) is 3.16. The molecule has 156 valence electrons. The number of ether oxygens (including phenoxy) is 2. The summed E-state index contributed by atoms with van der Waals surface area (Å²) in [6.07, 6.45) is 0.882. The van der Waals surface area contributed by atoms with Crippen molar-refractivity contribution in [2.24, 2.45) is 4.99 Å². The molecule has 2 aromatic rings. The van der Waals surface area contributed by atoms with Crippen LogP contribution in [0.5, 0.6) is 11.5 Å². The van der Waals surface area contributed by atoms with Gasteiger partial charge in [-0.2, -0.15) is 0 Å². The fourth-order valence-corrected chi connectivity index (χ4v) is 3.16. The van der Waals surface area contributed by atoms with Gasteiger partial charge in [0.1, 0.15) is 0 Å². The Bertz CT molecular complexity index is 835. The highest BCUT2D eigenvalue weighted by atomic mass is 16.7. The number of fused-ring (bicyclic) bond motifs is 1. The van der Waals surface area contributed by atoms with Gasteiger partial charge in [0.2, 0.25) is 6.79 Å². The normalized spacial score (nSPS) is 13.2. The quantitative estimate of drug-likeness (QED) is 0.530. The van der Waals surface area contributed by atoms with Gasteiger partial charge in [0.25, 0.3) is 0 Å². The first-order valence-electron chi connectivity index (χ1n) is 10.2. The van der Waals surface area contributed by atoms with Gasteiger partial charge in [-0.3, -0.25) is 9.89 Å². The zero-order chi connectivity index (χ0) is 20.6. The SMILES string of the molecule is CN=C(NCCc1ccc2c(c1)OCO2)NCc1ccccc1CN(C)C(C)C. The Balaban J connectivity index is 1.49. The highest BCUT2D eigenvalue weighted by Gasteiger charge is 2.13. The van der Waals surface area contributed by atoms with Crippen molar-refractivity contribution in [2.45, 2.75) is 39.4 Å². The number of rotatable bonds is 8. The number of nitrogens with one attached hydrogen (secondary N) is 2. The van der Waals surface area contributed by atoms with E-state index in [0.29, 0.717) is 12.8 Å². The molecule has 1 heterocycles. The molecule has 0 saturated heterocycles. The van der Waals surface area contributed by atoms with Crippen molar-refractivity contribution in [2.75, 3.05) is 27.4 Å². The average molecular weight is 397 g/mol. The third-order valence-electron chi connectivity index (χ3n) is 5.23. The minimum atomic E-state index is 0.308. The Morgan fingerprint density at radius 2 is 1.83 bits per heavy atom. The first kappa shape index (κ1) is 21.0. The lowest BCUT2D eigenvalue weighted by molar-refractivity contribution is 0.174. The van der Waals surface area contributed by atoms with E-state index in [1.807, 2.05) is 12.1 Å². The molecule has 0 fully saturated rings. The summed E-state index contributed by atoms with van der Waals surface area (Å²) < 4.78 is 10.8. The summed E-state index contributed by atoms with van der Waals surface area (Å²) in [6.45, 7) is 7.20. The molecule has 0 spiro atoms. The Morgan fingerprint density at radius 3 is 2.59 bits per heavy atom. The molecule has 3 rings (SSSR count). The summed E-state index contributed by atoms with van der Waals surface area (Å²) in [5, 5.41) is 6.82. The van der Waals surface area contributed by atoms with Crippen LogP contribution in [0, 0.1) is 0 Å². The van der Waals surface area contributed by atoms with Crippen molar-refractivity contribution >= 4 is 5.96 Å². The molecule has 0 atom stereocenters. The Morgan fingerprint density at radius 1 is 1.07 bits per heavy atom. The zero-order valence-electron chi connectivity index (χ0n) is 17.9. The lowest BCUT2D eigenvalue weighted by atomic mass is 10.1. The number of guanidine groups is 1. The molecule has 0 aromatic heterocycles. The fourth-order valence-electron chi connectivity index (χ4n) is 3.16. The summed E-state index contributed by atoms with van der Waals surface area (Å²) in [5.74, 6) is 2.45. The van der Waals surface area contributed by atoms with Gasteiger partial charge in [-0.05, 0) is 56.1 Å². The molecule has 6 nitrogen and oxygen atoms in total. The van der Waals surface area contributed by atoms with Crippen LogP contribution in [0.3, 0.4) is 0 Å². The summed E-state index contributed by atoms with van der Waals surface area (Å²) in [7, 11) is 3.96. The van der Waals surface area contributed by atoms with Gasteiger partial charge in [-0.15, -0.1) is 0 Å². The van der Waals surface area contributed by atoms with Crippen molar-refractivity contribution in [3.63, 3.8) is 0 Å². The number of hydrogen-bond donors (Lipinski definition) is 2. The van der Waals surface area contributed by atoms with E-state index in [1.54, 1.807) is 7.05 Å². The van der Waals surface area contributed by atoms with Crippen LogP contribution in [0.25, 0.3) is 0 Å². The number of benzene rings is 2. The third-order valence-corrected chi connectivity index (χ3v) is 5.23. The molecular weight excluding hydrogens is 364 g/mol. The van der Waals surface area contributed by atoms with Crippen molar-refractivity contribution < 1.29 is 9.47 Å². The molecular formula is C23H32N4O2. The van der Waals surface area contributed by atoms with Crippen LogP contribution in [0.4, 0.5) is 0 Å². The number of nitrogens with zero attached hydrogens (tertiary/aromatic N) is 2. The topological polar surface area (TPSA) is 58.1 Å². The Labute approximate surface area is 173 Å². The van der Waals surface area contributed by atoms with Gasteiger partial charge in [-0.1, -0.05) is 30.3 Å². The van der Waals surface area contributed by atoms with E-state index in [9.17, 15) is 0 Å². The molecule has 2 N–H and O–H groups in total. The van der Waals surface area contributed by atoms with Crippen molar-refractivity contribution in [1.29, 1.82) is 0 Å². The predicted molar refractivity (Wildman–Crippen MR) is 118 cm³/mol. The second-order valence-corrected chi connectivity index (χ2v) is 7.57. The highest BCUT2D eigenvalue weighted by Crippen LogP contribution is 2.32. The second kappa shape index (κ2) is 10.2. The van der Waals surface area contributed by atoms with Crippen LogP contribution < -0.4 is 20.1 Å². The molecule has 29 heavy (non-hydrogen) atoms. The molecule has 1 aliphatic rings. The van der Waals surface area contributed by atoms with Gasteiger partial charge in [0.05, 0.1) is 0 Å². The van der Waals surface area contributed by atoms with E-state index in [-0.39, 0.29) is 0 Å². The maximum atomic E-state index is 5.45. The summed E-state index contributed by atoms with van der Waals surface area (Å²) in [5.41, 5.74) is 3.84. The van der Waals surface area contributed by atoms with Crippen LogP contribution in [0.1, 0.15) is 30.5 Å². The lowest BCUT2D eigenvalue weighted by Crippen LogP contribution is -2.38. The third kappa shape index (κ3) is 5.87. The maximum absolute atomic E-state index is 5.45. The zero-order valence-corrected chi connectivity index (χ0v) is 17.9. The van der Waals surface area contributed by atoms with Crippen LogP contribution >= 0.6 is 0 Å². The minimum absolute atomic E-state index is 0.308. The molecule has 6 heteroatoms. The molecule has 0 bridgehead atoms. The number of hydrogen-bond acceptors (Lipinski definition) is 4. The van der Waals surface area contributed by atoms with E-state index in [1.165, 1.54) is 16.7 Å². The largest absolute Gasteiger partial charge is 0.454 e. The molecule has 0 aliphatic carbocycles. The maximum Gasteiger partial charge on any atom is 0.231 e. The summed E-state index contributed by atoms with van der Waals surface area (Å²) in [4.78, 5) is 6.69. The highest BCUT2D eigenvalue weighted by molar-refractivity contribution is 5.79. The molecule has 0 unspecified atom stereocenters. The molecule has 0 saturated carbocycles. The van der Waals surface area contributed by atoms with Gasteiger partial charge < -0.3 is 20.1 Å². The lowest BCUT2D eigenvalue weighted by Gasteiger charge is -2.23. The van der Waals surface area contributed by atoms with E-state index >= 15 is 0 Å². The van der Waals surface area contributed by atoms with Gasteiger partial charge >= 0.3 is 0 Å². The molecule has 0 radical (unpaired) electrons. The van der Waals surface area contributed by atoms with E-state index in [0.717, 1.165) is 43.5 Å². The van der Waals surface area contributed by atoms with Crippen LogP contribution in [-0.2, 0) is 19.5 Å². The molecule has 1 aliphatic heterocycles. The van der Waals surface area contributed by atoms with Crippen LogP contribution in [0.15, 0.2) is 47.5 Å². The van der Waals surface area contributed by atoms with Crippen molar-refractivity contribution in [3.05, 3.63) is 59.2 Å². The average Bonchev–Trinajstić information content (AvgIpc) is 3.19. The monoisotopic (exact) mass is 396 g/mol. The first-order valence-corrected chi connectivity index (χ1v) is 10.2. The molecule has 2 aromatic carbocycles. The van der Waals surface area contributed by atoms with Gasteiger partial charge in [-0.25, -0.2) is 0 Å². The van der Waals surface area contributed by atoms with Crippen molar-refractivity contribution in [1.82, 2.24) is 15.5 Å². The minimum Gasteiger partial charge on any atom is -0.454 e. The first-order chi connectivity index (χ1) is 14.1. The summed E-state index contributed by atoms with van der Waals surface area (Å²) >= 11 is 0. The van der Waals surface area contributed by atoms with Gasteiger partial charge in [0.15, 0.2) is 17.5 Å². The standard InChI is InChI=1S/C23H32N4O2/c1-17(2)27(4)15-20-8-6-5-7-19(20)14-26-23(24-3)25-12-11-18-9-10-21-22(13-18)29-16-28-21/h5-10,13,17H,11-12,14-16H2,1-4H3,(H2,24,25,26). The van der Waals surface area contributed by atoms with Crippen LogP contribution in [0.2, 0.25) is 0 Å². The fraction of sp³-hybridized carbons (Fsp3) is 0.435. The van der Waals surface area contributed by atoms with Crippen LogP contribution in [-0.4, -0.2) is 44.3 Å².